The van der Waals surface area contributed by atoms with Gasteiger partial charge in [0.05, 0.1) is 17.4 Å². The van der Waals surface area contributed by atoms with E-state index >= 15 is 0 Å². The molecule has 0 aliphatic rings. The highest BCUT2D eigenvalue weighted by molar-refractivity contribution is 5.68. The van der Waals surface area contributed by atoms with Crippen LogP contribution in [-0.2, 0) is 0 Å². The topological polar surface area (TPSA) is 48.7 Å². The Morgan fingerprint density at radius 2 is 2.00 bits per heavy atom. The van der Waals surface area contributed by atoms with Crippen molar-refractivity contribution in [3.8, 4) is 6.07 Å². The number of nitrogens with zero attached hydrogens (tertiary/aromatic N) is 2. The third kappa shape index (κ3) is 2.43. The Morgan fingerprint density at radius 3 is 2.76 bits per heavy atom. The first-order chi connectivity index (χ1) is 8.20. The van der Waals surface area contributed by atoms with Gasteiger partial charge in [0.1, 0.15) is 6.07 Å². The maximum absolute atomic E-state index is 9.00. The Morgan fingerprint density at radius 1 is 1.18 bits per heavy atom. The summed E-state index contributed by atoms with van der Waals surface area (Å²) in [5.41, 5.74) is 4.67. The number of rotatable bonds is 2. The molecule has 17 heavy (non-hydrogen) atoms. The van der Waals surface area contributed by atoms with Crippen molar-refractivity contribution in [1.82, 2.24) is 4.98 Å². The largest absolute Gasteiger partial charge is 0.353 e. The van der Waals surface area contributed by atoms with Crippen LogP contribution in [0.3, 0.4) is 0 Å². The van der Waals surface area contributed by atoms with Crippen molar-refractivity contribution in [2.75, 3.05) is 5.32 Å². The zero-order valence-corrected chi connectivity index (χ0v) is 9.86. The van der Waals surface area contributed by atoms with E-state index in [1.54, 1.807) is 18.5 Å². The summed E-state index contributed by atoms with van der Waals surface area (Å²) in [5.74, 6) is 0. The van der Waals surface area contributed by atoms with Crippen molar-refractivity contribution in [3.63, 3.8) is 0 Å². The second kappa shape index (κ2) is 4.67. The Hall–Kier alpha value is -2.34. The van der Waals surface area contributed by atoms with Crippen molar-refractivity contribution in [3.05, 3.63) is 53.3 Å². The minimum absolute atomic E-state index is 0.598. The van der Waals surface area contributed by atoms with Crippen LogP contribution >= 0.6 is 0 Å². The van der Waals surface area contributed by atoms with Crippen LogP contribution in [0.4, 0.5) is 11.4 Å². The summed E-state index contributed by atoms with van der Waals surface area (Å²) in [6.45, 7) is 4.07. The number of hydrogen-bond donors (Lipinski definition) is 1. The highest BCUT2D eigenvalue weighted by Crippen LogP contribution is 2.23. The molecule has 0 fully saturated rings. The summed E-state index contributed by atoms with van der Waals surface area (Å²) in [7, 11) is 0. The van der Waals surface area contributed by atoms with Crippen LogP contribution < -0.4 is 5.32 Å². The standard InChI is InChI=1S/C14H13N3/c1-10-3-4-11(2)13(7-10)17-14-9-16-6-5-12(14)8-15/h3-7,9,17H,1-2H3. The van der Waals surface area contributed by atoms with Crippen molar-refractivity contribution in [2.45, 2.75) is 13.8 Å². The molecule has 0 saturated heterocycles. The highest BCUT2D eigenvalue weighted by atomic mass is 14.9. The maximum Gasteiger partial charge on any atom is 0.101 e. The summed E-state index contributed by atoms with van der Waals surface area (Å²) in [4.78, 5) is 4.03. The molecule has 2 aromatic rings. The average Bonchev–Trinajstić information content (AvgIpc) is 2.34. The second-order valence-corrected chi connectivity index (χ2v) is 3.98. The number of pyridine rings is 1. The first-order valence-electron chi connectivity index (χ1n) is 5.39. The number of anilines is 2. The van der Waals surface area contributed by atoms with Crippen LogP contribution in [0, 0.1) is 25.2 Å². The van der Waals surface area contributed by atoms with Gasteiger partial charge in [-0.25, -0.2) is 0 Å². The molecule has 1 aromatic heterocycles. The predicted molar refractivity (Wildman–Crippen MR) is 68.2 cm³/mol. The Kier molecular flexibility index (Phi) is 3.06. The molecule has 0 aliphatic heterocycles. The summed E-state index contributed by atoms with van der Waals surface area (Å²) in [5, 5.41) is 12.3. The van der Waals surface area contributed by atoms with E-state index in [4.69, 9.17) is 5.26 Å². The maximum atomic E-state index is 9.00. The normalized spacial score (nSPS) is 9.71. The molecule has 1 N–H and O–H groups in total. The van der Waals surface area contributed by atoms with E-state index in [0.29, 0.717) is 5.56 Å². The fourth-order valence-electron chi connectivity index (χ4n) is 1.61. The van der Waals surface area contributed by atoms with Gasteiger partial charge in [-0.1, -0.05) is 12.1 Å². The van der Waals surface area contributed by atoms with Crippen LogP contribution in [0.15, 0.2) is 36.7 Å². The third-order valence-corrected chi connectivity index (χ3v) is 2.60. The molecule has 2 rings (SSSR count). The molecular formula is C14H13N3. The average molecular weight is 223 g/mol. The second-order valence-electron chi connectivity index (χ2n) is 3.98. The van der Waals surface area contributed by atoms with E-state index in [-0.39, 0.29) is 0 Å². The Bertz CT molecular complexity index is 582. The van der Waals surface area contributed by atoms with Crippen molar-refractivity contribution in [1.29, 1.82) is 5.26 Å². The van der Waals surface area contributed by atoms with E-state index < -0.39 is 0 Å². The first kappa shape index (κ1) is 11.2. The fourth-order valence-corrected chi connectivity index (χ4v) is 1.61. The molecule has 0 radical (unpaired) electrons. The molecule has 0 aliphatic carbocycles. The Labute approximate surface area is 101 Å². The Balaban J connectivity index is 2.38. The van der Waals surface area contributed by atoms with Gasteiger partial charge in [0.2, 0.25) is 0 Å². The monoisotopic (exact) mass is 223 g/mol. The number of aryl methyl sites for hydroxylation is 2. The quantitative estimate of drug-likeness (QED) is 0.849. The summed E-state index contributed by atoms with van der Waals surface area (Å²) < 4.78 is 0. The molecule has 1 heterocycles. The summed E-state index contributed by atoms with van der Waals surface area (Å²) in [6, 6.07) is 10.0. The molecule has 0 spiro atoms. The number of nitrogens with one attached hydrogen (secondary N) is 1. The molecule has 0 amide bonds. The van der Waals surface area contributed by atoms with Gasteiger partial charge in [-0.2, -0.15) is 5.26 Å². The first-order valence-corrected chi connectivity index (χ1v) is 5.39. The molecule has 3 nitrogen and oxygen atoms in total. The highest BCUT2D eigenvalue weighted by Gasteiger charge is 2.04. The van der Waals surface area contributed by atoms with Crippen LogP contribution in [0.1, 0.15) is 16.7 Å². The van der Waals surface area contributed by atoms with Crippen LogP contribution in [-0.4, -0.2) is 4.98 Å². The molecule has 3 heteroatoms. The molecule has 0 saturated carbocycles. The van der Waals surface area contributed by atoms with Gasteiger partial charge in [-0.05, 0) is 37.1 Å². The van der Waals surface area contributed by atoms with E-state index in [0.717, 1.165) is 16.9 Å². The summed E-state index contributed by atoms with van der Waals surface area (Å²) >= 11 is 0. The zero-order chi connectivity index (χ0) is 12.3. The van der Waals surface area contributed by atoms with Gasteiger partial charge in [-0.15, -0.1) is 0 Å². The van der Waals surface area contributed by atoms with Gasteiger partial charge < -0.3 is 5.32 Å². The third-order valence-electron chi connectivity index (χ3n) is 2.60. The number of nitriles is 1. The van der Waals surface area contributed by atoms with Crippen LogP contribution in [0.5, 0.6) is 0 Å². The zero-order valence-electron chi connectivity index (χ0n) is 9.86. The van der Waals surface area contributed by atoms with Gasteiger partial charge >= 0.3 is 0 Å². The lowest BCUT2D eigenvalue weighted by Gasteiger charge is -2.11. The molecule has 1 aromatic carbocycles. The molecule has 84 valence electrons. The lowest BCUT2D eigenvalue weighted by atomic mass is 10.1. The van der Waals surface area contributed by atoms with Crippen molar-refractivity contribution >= 4 is 11.4 Å². The van der Waals surface area contributed by atoms with Gasteiger partial charge in [0.15, 0.2) is 0 Å². The minimum Gasteiger partial charge on any atom is -0.353 e. The van der Waals surface area contributed by atoms with Crippen molar-refractivity contribution in [2.24, 2.45) is 0 Å². The lowest BCUT2D eigenvalue weighted by Crippen LogP contribution is -1.96. The smallest absolute Gasteiger partial charge is 0.101 e. The predicted octanol–water partition coefficient (Wildman–Crippen LogP) is 3.31. The van der Waals surface area contributed by atoms with Crippen LogP contribution in [0.2, 0.25) is 0 Å². The molecule has 0 unspecified atom stereocenters. The van der Waals surface area contributed by atoms with Crippen molar-refractivity contribution < 1.29 is 0 Å². The summed E-state index contributed by atoms with van der Waals surface area (Å²) in [6.07, 6.45) is 3.28. The number of benzene rings is 1. The number of hydrogen-bond acceptors (Lipinski definition) is 3. The molecular weight excluding hydrogens is 210 g/mol. The minimum atomic E-state index is 0.598. The molecule has 0 atom stereocenters. The molecule has 0 bridgehead atoms. The SMILES string of the molecule is Cc1ccc(C)c(Nc2cnccc2C#N)c1. The van der Waals surface area contributed by atoms with E-state index in [2.05, 4.69) is 34.6 Å². The number of aromatic nitrogens is 1. The lowest BCUT2D eigenvalue weighted by molar-refractivity contribution is 1.29. The van der Waals surface area contributed by atoms with E-state index in [9.17, 15) is 0 Å². The van der Waals surface area contributed by atoms with Gasteiger partial charge in [0.25, 0.3) is 0 Å². The van der Waals surface area contributed by atoms with Gasteiger partial charge in [0, 0.05) is 11.9 Å². The van der Waals surface area contributed by atoms with E-state index in [1.165, 1.54) is 5.56 Å². The fraction of sp³-hybridized carbons (Fsp3) is 0.143. The van der Waals surface area contributed by atoms with Crippen LogP contribution in [0.25, 0.3) is 0 Å². The van der Waals surface area contributed by atoms with E-state index in [1.807, 2.05) is 13.8 Å². The van der Waals surface area contributed by atoms with Gasteiger partial charge in [-0.3, -0.25) is 4.98 Å².